The van der Waals surface area contributed by atoms with Crippen molar-refractivity contribution >= 4 is 5.91 Å². The van der Waals surface area contributed by atoms with Crippen molar-refractivity contribution in [3.05, 3.63) is 52.6 Å². The van der Waals surface area contributed by atoms with Crippen LogP contribution in [0.25, 0.3) is 0 Å². The van der Waals surface area contributed by atoms with Gasteiger partial charge in [-0.05, 0) is 80.2 Å². The van der Waals surface area contributed by atoms with Crippen molar-refractivity contribution in [3.63, 3.8) is 0 Å². The summed E-state index contributed by atoms with van der Waals surface area (Å²) < 4.78 is 10.7. The highest BCUT2D eigenvalue weighted by Gasteiger charge is 2.21. The van der Waals surface area contributed by atoms with Crippen molar-refractivity contribution < 1.29 is 19.4 Å². The number of aryl methyl sites for hydroxylation is 1. The van der Waals surface area contributed by atoms with Crippen molar-refractivity contribution in [2.45, 2.75) is 32.6 Å². The highest BCUT2D eigenvalue weighted by molar-refractivity contribution is 5.80. The summed E-state index contributed by atoms with van der Waals surface area (Å²) in [5.41, 5.74) is 4.22. The van der Waals surface area contributed by atoms with Gasteiger partial charge < -0.3 is 24.4 Å². The second-order valence-corrected chi connectivity index (χ2v) is 8.31. The van der Waals surface area contributed by atoms with E-state index < -0.39 is 0 Å². The lowest BCUT2D eigenvalue weighted by Gasteiger charge is -2.23. The third kappa shape index (κ3) is 5.91. The molecule has 1 N–H and O–H groups in total. The van der Waals surface area contributed by atoms with E-state index in [1.165, 1.54) is 11.1 Å². The van der Waals surface area contributed by atoms with Gasteiger partial charge in [-0.2, -0.15) is 0 Å². The molecule has 2 aromatic carbocycles. The van der Waals surface area contributed by atoms with Crippen LogP contribution >= 0.6 is 0 Å². The molecule has 0 atom stereocenters. The highest BCUT2D eigenvalue weighted by Crippen LogP contribution is 2.28. The third-order valence-electron chi connectivity index (χ3n) is 6.06. The molecule has 1 amide bonds. The predicted octanol–water partition coefficient (Wildman–Crippen LogP) is 3.21. The Labute approximate surface area is 185 Å². The lowest BCUT2D eigenvalue weighted by molar-refractivity contribution is -0.130. The number of likely N-dealkylation sites (N-methyl/N-ethyl adjacent to an activating group) is 1. The van der Waals surface area contributed by atoms with Crippen LogP contribution in [0.3, 0.4) is 0 Å². The standard InChI is InChI=1S/C25H34N2O4/c1-18-14-20-9-13-27(25(29)17-21(20)16-22(18)28)11-5-10-26(2)12-8-19-6-7-23(30-3)24(15-19)31-4/h6-7,14-16,28H,5,8-13,17H2,1-4H3. The molecule has 168 valence electrons. The molecule has 1 heterocycles. The maximum Gasteiger partial charge on any atom is 0.227 e. The number of carbonyl (C=O) groups excluding carboxylic acids is 1. The number of nitrogens with zero attached hydrogens (tertiary/aromatic N) is 2. The van der Waals surface area contributed by atoms with E-state index in [0.717, 1.165) is 68.1 Å². The molecule has 6 nitrogen and oxygen atoms in total. The lowest BCUT2D eigenvalue weighted by Crippen LogP contribution is -2.35. The summed E-state index contributed by atoms with van der Waals surface area (Å²) in [6.07, 6.45) is 3.09. The molecule has 0 aromatic heterocycles. The van der Waals surface area contributed by atoms with Crippen LogP contribution in [0.5, 0.6) is 17.2 Å². The number of methoxy groups -OCH3 is 2. The molecular weight excluding hydrogens is 392 g/mol. The fourth-order valence-electron chi connectivity index (χ4n) is 4.09. The highest BCUT2D eigenvalue weighted by atomic mass is 16.5. The van der Waals surface area contributed by atoms with Gasteiger partial charge in [0.25, 0.3) is 0 Å². The quantitative estimate of drug-likeness (QED) is 0.667. The Kier molecular flexibility index (Phi) is 7.80. The summed E-state index contributed by atoms with van der Waals surface area (Å²) in [5.74, 6) is 1.92. The van der Waals surface area contributed by atoms with Gasteiger partial charge in [0.2, 0.25) is 5.91 Å². The Morgan fingerprint density at radius 2 is 1.84 bits per heavy atom. The molecule has 0 saturated heterocycles. The second kappa shape index (κ2) is 10.5. The van der Waals surface area contributed by atoms with Crippen LogP contribution in [0, 0.1) is 6.92 Å². The fraction of sp³-hybridized carbons (Fsp3) is 0.480. The number of phenols is 1. The minimum Gasteiger partial charge on any atom is -0.508 e. The van der Waals surface area contributed by atoms with E-state index in [4.69, 9.17) is 9.47 Å². The predicted molar refractivity (Wildman–Crippen MR) is 122 cm³/mol. The Balaban J connectivity index is 1.45. The Bertz CT molecular complexity index is 913. The van der Waals surface area contributed by atoms with Gasteiger partial charge in [-0.25, -0.2) is 0 Å². The number of fused-ring (bicyclic) bond motifs is 1. The molecule has 3 rings (SSSR count). The summed E-state index contributed by atoms with van der Waals surface area (Å²) in [5, 5.41) is 9.97. The van der Waals surface area contributed by atoms with Crippen LogP contribution < -0.4 is 9.47 Å². The average Bonchev–Trinajstić information content (AvgIpc) is 2.91. The van der Waals surface area contributed by atoms with E-state index in [2.05, 4.69) is 18.0 Å². The third-order valence-corrected chi connectivity index (χ3v) is 6.06. The summed E-state index contributed by atoms with van der Waals surface area (Å²) in [6, 6.07) is 9.82. The molecule has 1 aliphatic rings. The van der Waals surface area contributed by atoms with E-state index in [9.17, 15) is 9.90 Å². The number of rotatable bonds is 9. The molecule has 0 fully saturated rings. The molecular formula is C25H34N2O4. The van der Waals surface area contributed by atoms with Crippen molar-refractivity contribution in [1.82, 2.24) is 9.80 Å². The van der Waals surface area contributed by atoms with Crippen molar-refractivity contribution in [2.75, 3.05) is 47.4 Å². The number of ether oxygens (including phenoxy) is 2. The maximum atomic E-state index is 12.7. The Hall–Kier alpha value is -2.73. The number of phenolic OH excluding ortho intramolecular Hbond substituents is 1. The number of amides is 1. The molecule has 0 saturated carbocycles. The molecule has 31 heavy (non-hydrogen) atoms. The minimum atomic E-state index is 0.148. The number of carbonyl (C=O) groups is 1. The van der Waals surface area contributed by atoms with E-state index in [-0.39, 0.29) is 11.7 Å². The zero-order valence-electron chi connectivity index (χ0n) is 19.1. The van der Waals surface area contributed by atoms with Crippen LogP contribution in [0.15, 0.2) is 30.3 Å². The smallest absolute Gasteiger partial charge is 0.227 e. The van der Waals surface area contributed by atoms with Crippen LogP contribution in [-0.2, 0) is 24.1 Å². The maximum absolute atomic E-state index is 12.7. The molecule has 6 heteroatoms. The van der Waals surface area contributed by atoms with Crippen molar-refractivity contribution in [1.29, 1.82) is 0 Å². The zero-order valence-corrected chi connectivity index (χ0v) is 19.1. The molecule has 1 aliphatic heterocycles. The van der Waals surface area contributed by atoms with E-state index >= 15 is 0 Å². The first-order chi connectivity index (χ1) is 14.9. The van der Waals surface area contributed by atoms with Crippen LogP contribution in [0.1, 0.15) is 28.7 Å². The number of hydrogen-bond acceptors (Lipinski definition) is 5. The first-order valence-corrected chi connectivity index (χ1v) is 10.9. The normalized spacial score (nSPS) is 13.8. The second-order valence-electron chi connectivity index (χ2n) is 8.31. The largest absolute Gasteiger partial charge is 0.508 e. The Morgan fingerprint density at radius 3 is 2.58 bits per heavy atom. The van der Waals surface area contributed by atoms with Gasteiger partial charge in [0.15, 0.2) is 11.5 Å². The van der Waals surface area contributed by atoms with E-state index in [1.54, 1.807) is 20.3 Å². The lowest BCUT2D eigenvalue weighted by atomic mass is 10.00. The summed E-state index contributed by atoms with van der Waals surface area (Å²) >= 11 is 0. The first kappa shape index (κ1) is 22.9. The van der Waals surface area contributed by atoms with Gasteiger partial charge in [0.05, 0.1) is 20.6 Å². The van der Waals surface area contributed by atoms with Crippen molar-refractivity contribution in [2.24, 2.45) is 0 Å². The molecule has 0 radical (unpaired) electrons. The van der Waals surface area contributed by atoms with Gasteiger partial charge in [0, 0.05) is 19.6 Å². The monoisotopic (exact) mass is 426 g/mol. The Morgan fingerprint density at radius 1 is 1.06 bits per heavy atom. The topological polar surface area (TPSA) is 62.2 Å². The molecule has 0 aliphatic carbocycles. The molecule has 0 bridgehead atoms. The summed E-state index contributed by atoms with van der Waals surface area (Å²) in [6.45, 7) is 5.28. The fourth-order valence-corrected chi connectivity index (χ4v) is 4.09. The average molecular weight is 427 g/mol. The van der Waals surface area contributed by atoms with E-state index in [1.807, 2.05) is 30.0 Å². The van der Waals surface area contributed by atoms with E-state index in [0.29, 0.717) is 6.42 Å². The number of aromatic hydroxyl groups is 1. The molecule has 2 aromatic rings. The van der Waals surface area contributed by atoms with Gasteiger partial charge in [-0.3, -0.25) is 4.79 Å². The first-order valence-electron chi connectivity index (χ1n) is 10.9. The summed E-state index contributed by atoms with van der Waals surface area (Å²) in [7, 11) is 5.41. The van der Waals surface area contributed by atoms with Gasteiger partial charge in [0.1, 0.15) is 5.75 Å². The molecule has 0 spiro atoms. The van der Waals surface area contributed by atoms with Gasteiger partial charge in [-0.15, -0.1) is 0 Å². The van der Waals surface area contributed by atoms with Crippen molar-refractivity contribution in [3.8, 4) is 17.2 Å². The van der Waals surface area contributed by atoms with Crippen LogP contribution in [-0.4, -0.2) is 68.3 Å². The van der Waals surface area contributed by atoms with Crippen LogP contribution in [0.4, 0.5) is 0 Å². The SMILES string of the molecule is COc1ccc(CCN(C)CCCN2CCc3cc(C)c(O)cc3CC2=O)cc1OC. The van der Waals surface area contributed by atoms with Gasteiger partial charge in [-0.1, -0.05) is 12.1 Å². The zero-order chi connectivity index (χ0) is 22.4. The number of benzene rings is 2. The van der Waals surface area contributed by atoms with Crippen LogP contribution in [0.2, 0.25) is 0 Å². The van der Waals surface area contributed by atoms with Gasteiger partial charge >= 0.3 is 0 Å². The molecule has 0 unspecified atom stereocenters. The number of hydrogen-bond donors (Lipinski definition) is 1. The minimum absolute atomic E-state index is 0.148. The summed E-state index contributed by atoms with van der Waals surface area (Å²) in [4.78, 5) is 16.9.